The minimum absolute atomic E-state index is 0. The van der Waals surface area contributed by atoms with Gasteiger partial charge in [0.1, 0.15) is 5.01 Å². The highest BCUT2D eigenvalue weighted by atomic mass is 127. The Morgan fingerprint density at radius 3 is 2.50 bits per heavy atom. The SMILES string of the molecule is CN=C(NCCN(C)C(C)C)NCc1nc(C(C)C)cs1.I. The first kappa shape index (κ1) is 21.6. The Morgan fingerprint density at radius 1 is 1.32 bits per heavy atom. The second-order valence-corrected chi connectivity index (χ2v) is 6.69. The fourth-order valence-corrected chi connectivity index (χ4v) is 2.56. The molecule has 1 heterocycles. The van der Waals surface area contributed by atoms with Crippen molar-refractivity contribution in [2.45, 2.75) is 46.2 Å². The van der Waals surface area contributed by atoms with E-state index < -0.39 is 0 Å². The normalized spacial score (nSPS) is 12.0. The second-order valence-electron chi connectivity index (χ2n) is 5.75. The summed E-state index contributed by atoms with van der Waals surface area (Å²) in [6.45, 7) is 11.3. The van der Waals surface area contributed by atoms with E-state index in [0.717, 1.165) is 30.6 Å². The van der Waals surface area contributed by atoms with Gasteiger partial charge in [-0.1, -0.05) is 13.8 Å². The highest BCUT2D eigenvalue weighted by molar-refractivity contribution is 14.0. The summed E-state index contributed by atoms with van der Waals surface area (Å²) in [6, 6.07) is 0.562. The molecule has 0 saturated heterocycles. The maximum atomic E-state index is 4.61. The van der Waals surface area contributed by atoms with Crippen LogP contribution < -0.4 is 10.6 Å². The van der Waals surface area contributed by atoms with Crippen LogP contribution in [0.15, 0.2) is 10.4 Å². The summed E-state index contributed by atoms with van der Waals surface area (Å²) in [5.41, 5.74) is 1.17. The minimum Gasteiger partial charge on any atom is -0.355 e. The first-order valence-electron chi connectivity index (χ1n) is 7.53. The molecule has 1 rings (SSSR count). The standard InChI is InChI=1S/C15H29N5S.HI/c1-11(2)13-10-21-14(19-13)9-18-15(16-5)17-7-8-20(6)12(3)4;/h10-12H,7-9H2,1-6H3,(H2,16,17,18);1H. The van der Waals surface area contributed by atoms with Crippen LogP contribution in [0.3, 0.4) is 0 Å². The minimum atomic E-state index is 0. The van der Waals surface area contributed by atoms with Crippen molar-refractivity contribution in [2.24, 2.45) is 4.99 Å². The number of hydrogen-bond donors (Lipinski definition) is 2. The Hall–Kier alpha value is -0.410. The van der Waals surface area contributed by atoms with Crippen LogP contribution >= 0.6 is 35.3 Å². The molecule has 5 nitrogen and oxygen atoms in total. The molecule has 0 bridgehead atoms. The monoisotopic (exact) mass is 439 g/mol. The van der Waals surface area contributed by atoms with Crippen molar-refractivity contribution in [1.82, 2.24) is 20.5 Å². The van der Waals surface area contributed by atoms with Crippen molar-refractivity contribution in [2.75, 3.05) is 27.2 Å². The molecule has 22 heavy (non-hydrogen) atoms. The van der Waals surface area contributed by atoms with E-state index in [1.165, 1.54) is 5.69 Å². The van der Waals surface area contributed by atoms with Crippen molar-refractivity contribution < 1.29 is 0 Å². The smallest absolute Gasteiger partial charge is 0.191 e. The van der Waals surface area contributed by atoms with Crippen molar-refractivity contribution in [1.29, 1.82) is 0 Å². The van der Waals surface area contributed by atoms with Gasteiger partial charge < -0.3 is 15.5 Å². The predicted molar refractivity (Wildman–Crippen MR) is 108 cm³/mol. The highest BCUT2D eigenvalue weighted by Crippen LogP contribution is 2.17. The first-order valence-corrected chi connectivity index (χ1v) is 8.41. The van der Waals surface area contributed by atoms with Crippen molar-refractivity contribution in [3.05, 3.63) is 16.1 Å². The summed E-state index contributed by atoms with van der Waals surface area (Å²) in [4.78, 5) is 11.2. The molecule has 0 aliphatic carbocycles. The Morgan fingerprint density at radius 2 is 2.00 bits per heavy atom. The molecule has 1 aromatic rings. The zero-order valence-corrected chi connectivity index (χ0v) is 17.7. The van der Waals surface area contributed by atoms with E-state index >= 15 is 0 Å². The Balaban J connectivity index is 0.00000441. The zero-order valence-electron chi connectivity index (χ0n) is 14.5. The average molecular weight is 439 g/mol. The summed E-state index contributed by atoms with van der Waals surface area (Å²) < 4.78 is 0. The van der Waals surface area contributed by atoms with E-state index in [0.29, 0.717) is 12.0 Å². The number of guanidine groups is 1. The lowest BCUT2D eigenvalue weighted by Crippen LogP contribution is -2.41. The fraction of sp³-hybridized carbons (Fsp3) is 0.733. The number of aromatic nitrogens is 1. The lowest BCUT2D eigenvalue weighted by atomic mass is 10.2. The van der Waals surface area contributed by atoms with Gasteiger partial charge in [0.05, 0.1) is 12.2 Å². The summed E-state index contributed by atoms with van der Waals surface area (Å²) in [7, 11) is 3.93. The molecule has 0 fully saturated rings. The van der Waals surface area contributed by atoms with E-state index in [1.54, 1.807) is 18.4 Å². The van der Waals surface area contributed by atoms with Crippen LogP contribution in [0.1, 0.15) is 44.3 Å². The molecule has 0 aliphatic rings. The van der Waals surface area contributed by atoms with Gasteiger partial charge >= 0.3 is 0 Å². The van der Waals surface area contributed by atoms with E-state index in [1.807, 2.05) is 0 Å². The molecule has 0 radical (unpaired) electrons. The lowest BCUT2D eigenvalue weighted by molar-refractivity contribution is 0.278. The molecule has 0 amide bonds. The summed E-state index contributed by atoms with van der Waals surface area (Å²) >= 11 is 1.70. The summed E-state index contributed by atoms with van der Waals surface area (Å²) in [6.07, 6.45) is 0. The molecular weight excluding hydrogens is 409 g/mol. The number of likely N-dealkylation sites (N-methyl/N-ethyl adjacent to an activating group) is 1. The molecule has 0 unspecified atom stereocenters. The third kappa shape index (κ3) is 7.73. The summed E-state index contributed by atoms with van der Waals surface area (Å²) in [5.74, 6) is 1.31. The molecule has 2 N–H and O–H groups in total. The number of hydrogen-bond acceptors (Lipinski definition) is 4. The van der Waals surface area contributed by atoms with Crippen LogP contribution in [0, 0.1) is 0 Å². The van der Waals surface area contributed by atoms with Gasteiger partial charge in [-0.2, -0.15) is 0 Å². The quantitative estimate of drug-likeness (QED) is 0.390. The molecular formula is C15H30IN5S. The van der Waals surface area contributed by atoms with Crippen molar-refractivity contribution in [3.8, 4) is 0 Å². The van der Waals surface area contributed by atoms with Gasteiger partial charge in [0.2, 0.25) is 0 Å². The van der Waals surface area contributed by atoms with Gasteiger partial charge in [-0.25, -0.2) is 4.98 Å². The van der Waals surface area contributed by atoms with Gasteiger partial charge in [-0.15, -0.1) is 35.3 Å². The van der Waals surface area contributed by atoms with Crippen LogP contribution in [0.5, 0.6) is 0 Å². The second kappa shape index (κ2) is 11.2. The van der Waals surface area contributed by atoms with Crippen LogP contribution in [0.2, 0.25) is 0 Å². The van der Waals surface area contributed by atoms with E-state index in [4.69, 9.17) is 0 Å². The first-order chi connectivity index (χ1) is 9.93. The molecule has 0 spiro atoms. The third-order valence-corrected chi connectivity index (χ3v) is 4.30. The molecule has 0 aliphatic heterocycles. The topological polar surface area (TPSA) is 52.6 Å². The van der Waals surface area contributed by atoms with E-state index in [2.05, 4.69) is 65.6 Å². The van der Waals surface area contributed by atoms with Gasteiger partial charge in [-0.05, 0) is 26.8 Å². The largest absolute Gasteiger partial charge is 0.355 e. The van der Waals surface area contributed by atoms with Gasteiger partial charge in [-0.3, -0.25) is 4.99 Å². The average Bonchev–Trinajstić information content (AvgIpc) is 2.91. The number of thiazole rings is 1. The number of nitrogens with one attached hydrogen (secondary N) is 2. The maximum Gasteiger partial charge on any atom is 0.191 e. The van der Waals surface area contributed by atoms with Crippen LogP contribution in [-0.4, -0.2) is 49.1 Å². The predicted octanol–water partition coefficient (Wildman–Crippen LogP) is 2.89. The molecule has 0 atom stereocenters. The van der Waals surface area contributed by atoms with Gasteiger partial charge in [0.25, 0.3) is 0 Å². The van der Waals surface area contributed by atoms with Crippen molar-refractivity contribution in [3.63, 3.8) is 0 Å². The number of aliphatic imine (C=N–C) groups is 1. The number of rotatable bonds is 7. The van der Waals surface area contributed by atoms with Crippen LogP contribution in [0.4, 0.5) is 0 Å². The molecule has 7 heteroatoms. The maximum absolute atomic E-state index is 4.61. The molecule has 0 saturated carbocycles. The van der Waals surface area contributed by atoms with Crippen LogP contribution in [-0.2, 0) is 6.54 Å². The van der Waals surface area contributed by atoms with Crippen molar-refractivity contribution >= 4 is 41.3 Å². The fourth-order valence-electron chi connectivity index (χ4n) is 1.66. The van der Waals surface area contributed by atoms with Crippen LogP contribution in [0.25, 0.3) is 0 Å². The van der Waals surface area contributed by atoms with E-state index in [-0.39, 0.29) is 24.0 Å². The number of halogens is 1. The lowest BCUT2D eigenvalue weighted by Gasteiger charge is -2.21. The van der Waals surface area contributed by atoms with E-state index in [9.17, 15) is 0 Å². The Bertz CT molecular complexity index is 445. The zero-order chi connectivity index (χ0) is 15.8. The van der Waals surface area contributed by atoms with Gasteiger partial charge in [0, 0.05) is 31.6 Å². The number of nitrogens with zero attached hydrogens (tertiary/aromatic N) is 3. The van der Waals surface area contributed by atoms with Gasteiger partial charge in [0.15, 0.2) is 5.96 Å². The highest BCUT2D eigenvalue weighted by Gasteiger charge is 2.07. The summed E-state index contributed by atoms with van der Waals surface area (Å²) in [5, 5.41) is 9.87. The molecule has 0 aromatic carbocycles. The molecule has 128 valence electrons. The Kier molecular flexibility index (Phi) is 11.0. The molecule has 1 aromatic heterocycles. The third-order valence-electron chi connectivity index (χ3n) is 3.43. The Labute approximate surface area is 156 Å².